The van der Waals surface area contributed by atoms with Crippen LogP contribution in [0.25, 0.3) is 22.3 Å². The summed E-state index contributed by atoms with van der Waals surface area (Å²) in [5.41, 5.74) is 2.46. The summed E-state index contributed by atoms with van der Waals surface area (Å²) in [5.74, 6) is 1.28. The Morgan fingerprint density at radius 2 is 1.83 bits per heavy atom. The van der Waals surface area contributed by atoms with Crippen LogP contribution in [0, 0.1) is 0 Å². The van der Waals surface area contributed by atoms with Crippen LogP contribution in [0.4, 0.5) is 0 Å². The van der Waals surface area contributed by atoms with Gasteiger partial charge in [-0.25, -0.2) is 9.97 Å². The van der Waals surface area contributed by atoms with Gasteiger partial charge in [0.15, 0.2) is 0 Å². The van der Waals surface area contributed by atoms with Gasteiger partial charge in [0.1, 0.15) is 23.5 Å². The van der Waals surface area contributed by atoms with Crippen LogP contribution in [0.5, 0.6) is 17.4 Å². The minimum Gasteiger partial charge on any atom is -0.508 e. The number of ether oxygens (including phenoxy) is 1. The number of aromatic hydroxyl groups is 1. The maximum absolute atomic E-state index is 9.41. The molecule has 0 spiro atoms. The molecule has 0 atom stereocenters. The Balaban J connectivity index is 1.76. The van der Waals surface area contributed by atoms with Gasteiger partial charge in [-0.05, 0) is 54.1 Å². The first kappa shape index (κ1) is 14.5. The highest BCUT2D eigenvalue weighted by Crippen LogP contribution is 2.31. The number of aromatic nitrogens is 3. The second-order valence-corrected chi connectivity index (χ2v) is 5.67. The van der Waals surface area contributed by atoms with Crippen LogP contribution in [-0.4, -0.2) is 20.1 Å². The molecule has 4 aromatic rings. The molecular formula is C18H12ClN3O2. The quantitative estimate of drug-likeness (QED) is 0.564. The summed E-state index contributed by atoms with van der Waals surface area (Å²) >= 11 is 5.99. The normalized spacial score (nSPS) is 10.9. The first-order chi connectivity index (χ1) is 11.7. The number of H-pyrrole nitrogens is 1. The highest BCUT2D eigenvalue weighted by molar-refractivity contribution is 6.30. The minimum atomic E-state index is 0.222. The third kappa shape index (κ3) is 2.77. The van der Waals surface area contributed by atoms with E-state index >= 15 is 0 Å². The molecule has 6 heteroatoms. The molecule has 0 bridgehead atoms. The number of nitrogens with one attached hydrogen (secondary N) is 1. The Bertz CT molecular complexity index is 1010. The molecule has 0 aliphatic heterocycles. The minimum absolute atomic E-state index is 0.222. The summed E-state index contributed by atoms with van der Waals surface area (Å²) in [5, 5.41) is 10.8. The fraction of sp³-hybridized carbons (Fsp3) is 0. The Morgan fingerprint density at radius 3 is 2.62 bits per heavy atom. The number of halogens is 1. The third-order valence-electron chi connectivity index (χ3n) is 3.58. The van der Waals surface area contributed by atoms with E-state index < -0.39 is 0 Å². The van der Waals surface area contributed by atoms with Crippen molar-refractivity contribution in [2.24, 2.45) is 0 Å². The van der Waals surface area contributed by atoms with E-state index in [2.05, 4.69) is 15.0 Å². The standard InChI is InChI=1S/C18H12ClN3O2/c19-12-2-1-3-14(8-12)24-18-15-9-16(22-17(15)20-10-21-18)11-4-6-13(23)7-5-11/h1-10,23H,(H,20,21,22). The van der Waals surface area contributed by atoms with Crippen molar-refractivity contribution in [2.75, 3.05) is 0 Å². The first-order valence-corrected chi connectivity index (χ1v) is 7.63. The van der Waals surface area contributed by atoms with Gasteiger partial charge in [-0.1, -0.05) is 17.7 Å². The summed E-state index contributed by atoms with van der Waals surface area (Å²) < 4.78 is 5.85. The fourth-order valence-corrected chi connectivity index (χ4v) is 2.62. The second-order valence-electron chi connectivity index (χ2n) is 5.23. The summed E-state index contributed by atoms with van der Waals surface area (Å²) in [6.07, 6.45) is 1.44. The number of hydrogen-bond acceptors (Lipinski definition) is 4. The largest absolute Gasteiger partial charge is 0.508 e. The number of aromatic amines is 1. The molecule has 24 heavy (non-hydrogen) atoms. The van der Waals surface area contributed by atoms with Crippen molar-refractivity contribution in [1.82, 2.24) is 15.0 Å². The highest BCUT2D eigenvalue weighted by atomic mass is 35.5. The zero-order valence-corrected chi connectivity index (χ0v) is 13.2. The zero-order chi connectivity index (χ0) is 16.5. The van der Waals surface area contributed by atoms with Crippen molar-refractivity contribution in [2.45, 2.75) is 0 Å². The topological polar surface area (TPSA) is 71.0 Å². The van der Waals surface area contributed by atoms with Crippen molar-refractivity contribution >= 4 is 22.6 Å². The number of benzene rings is 2. The van der Waals surface area contributed by atoms with Gasteiger partial charge in [0.05, 0.1) is 5.39 Å². The van der Waals surface area contributed by atoms with Gasteiger partial charge in [-0.2, -0.15) is 0 Å². The lowest BCUT2D eigenvalue weighted by Gasteiger charge is -2.05. The molecule has 2 heterocycles. The van der Waals surface area contributed by atoms with Gasteiger partial charge in [0.25, 0.3) is 0 Å². The van der Waals surface area contributed by atoms with E-state index in [4.69, 9.17) is 16.3 Å². The Hall–Kier alpha value is -3.05. The Kier molecular flexibility index (Phi) is 3.55. The van der Waals surface area contributed by atoms with E-state index in [0.29, 0.717) is 22.3 Å². The second kappa shape index (κ2) is 5.86. The SMILES string of the molecule is Oc1ccc(-c2cc3c(Oc4cccc(Cl)c4)ncnc3[nH]2)cc1. The molecule has 118 valence electrons. The molecule has 2 aromatic heterocycles. The van der Waals surface area contributed by atoms with Crippen LogP contribution in [0.3, 0.4) is 0 Å². The molecule has 0 saturated heterocycles. The number of hydrogen-bond donors (Lipinski definition) is 2. The fourth-order valence-electron chi connectivity index (χ4n) is 2.44. The van der Waals surface area contributed by atoms with Gasteiger partial charge in [0, 0.05) is 10.7 Å². The van der Waals surface area contributed by atoms with Crippen LogP contribution in [0.15, 0.2) is 60.9 Å². The lowest BCUT2D eigenvalue weighted by molar-refractivity contribution is 0.468. The van der Waals surface area contributed by atoms with E-state index in [1.165, 1.54) is 6.33 Å². The molecule has 0 unspecified atom stereocenters. The highest BCUT2D eigenvalue weighted by Gasteiger charge is 2.11. The van der Waals surface area contributed by atoms with Crippen molar-refractivity contribution in [3.05, 3.63) is 65.9 Å². The zero-order valence-electron chi connectivity index (χ0n) is 12.4. The van der Waals surface area contributed by atoms with Crippen LogP contribution in [0.2, 0.25) is 5.02 Å². The molecule has 0 radical (unpaired) electrons. The number of rotatable bonds is 3. The molecule has 0 aliphatic rings. The van der Waals surface area contributed by atoms with Crippen LogP contribution in [0.1, 0.15) is 0 Å². The number of fused-ring (bicyclic) bond motifs is 1. The number of nitrogens with zero attached hydrogens (tertiary/aromatic N) is 2. The van der Waals surface area contributed by atoms with Crippen molar-refractivity contribution in [3.8, 4) is 28.6 Å². The predicted octanol–water partition coefficient (Wildman–Crippen LogP) is 4.78. The summed E-state index contributed by atoms with van der Waals surface area (Å²) in [4.78, 5) is 11.7. The summed E-state index contributed by atoms with van der Waals surface area (Å²) in [6.45, 7) is 0. The number of phenols is 1. The molecule has 0 amide bonds. The molecule has 5 nitrogen and oxygen atoms in total. The van der Waals surface area contributed by atoms with Crippen LogP contribution >= 0.6 is 11.6 Å². The number of phenolic OH excluding ortho intramolecular Hbond substituents is 1. The lowest BCUT2D eigenvalue weighted by atomic mass is 10.1. The predicted molar refractivity (Wildman–Crippen MR) is 92.5 cm³/mol. The Morgan fingerprint density at radius 1 is 1.00 bits per heavy atom. The van der Waals surface area contributed by atoms with Crippen molar-refractivity contribution < 1.29 is 9.84 Å². The van der Waals surface area contributed by atoms with Crippen LogP contribution < -0.4 is 4.74 Å². The molecule has 4 rings (SSSR count). The third-order valence-corrected chi connectivity index (χ3v) is 3.81. The first-order valence-electron chi connectivity index (χ1n) is 7.25. The van der Waals surface area contributed by atoms with Crippen LogP contribution in [-0.2, 0) is 0 Å². The maximum atomic E-state index is 9.41. The monoisotopic (exact) mass is 337 g/mol. The van der Waals surface area contributed by atoms with E-state index in [1.54, 1.807) is 24.3 Å². The summed E-state index contributed by atoms with van der Waals surface area (Å²) in [7, 11) is 0. The molecule has 2 aromatic carbocycles. The molecule has 0 saturated carbocycles. The Labute approximate surface area is 142 Å². The summed E-state index contributed by atoms with van der Waals surface area (Å²) in [6, 6.07) is 16.0. The maximum Gasteiger partial charge on any atom is 0.231 e. The van der Waals surface area contributed by atoms with Crippen molar-refractivity contribution in [1.29, 1.82) is 0 Å². The smallest absolute Gasteiger partial charge is 0.231 e. The molecule has 0 fully saturated rings. The molecular weight excluding hydrogens is 326 g/mol. The van der Waals surface area contributed by atoms with Gasteiger partial charge in [-0.3, -0.25) is 0 Å². The van der Waals surface area contributed by atoms with E-state index in [-0.39, 0.29) is 5.75 Å². The van der Waals surface area contributed by atoms with Gasteiger partial charge >= 0.3 is 0 Å². The lowest BCUT2D eigenvalue weighted by Crippen LogP contribution is -1.89. The average molecular weight is 338 g/mol. The molecule has 0 aliphatic carbocycles. The van der Waals surface area contributed by atoms with Gasteiger partial charge < -0.3 is 14.8 Å². The molecule has 2 N–H and O–H groups in total. The average Bonchev–Trinajstić information content (AvgIpc) is 3.01. The van der Waals surface area contributed by atoms with E-state index in [1.807, 2.05) is 30.3 Å². The van der Waals surface area contributed by atoms with E-state index in [0.717, 1.165) is 16.6 Å². The van der Waals surface area contributed by atoms with Gasteiger partial charge in [-0.15, -0.1) is 0 Å². The van der Waals surface area contributed by atoms with Gasteiger partial charge in [0.2, 0.25) is 5.88 Å². The van der Waals surface area contributed by atoms with Crippen molar-refractivity contribution in [3.63, 3.8) is 0 Å². The van der Waals surface area contributed by atoms with E-state index in [9.17, 15) is 5.11 Å².